The van der Waals surface area contributed by atoms with Gasteiger partial charge >= 0.3 is 0 Å². The van der Waals surface area contributed by atoms with Gasteiger partial charge in [0, 0.05) is 47.5 Å². The van der Waals surface area contributed by atoms with Gasteiger partial charge in [-0.1, -0.05) is 50.2 Å². The first-order valence-corrected chi connectivity index (χ1v) is 12.7. The van der Waals surface area contributed by atoms with Crippen molar-refractivity contribution in [3.05, 3.63) is 42.5 Å². The molecule has 0 spiro atoms. The van der Waals surface area contributed by atoms with Gasteiger partial charge in [-0.25, -0.2) is 0 Å². The summed E-state index contributed by atoms with van der Waals surface area (Å²) in [7, 11) is 0. The van der Waals surface area contributed by atoms with Crippen molar-refractivity contribution in [1.82, 2.24) is 0 Å². The predicted octanol–water partition coefficient (Wildman–Crippen LogP) is 6.05. The predicted molar refractivity (Wildman–Crippen MR) is 132 cm³/mol. The van der Waals surface area contributed by atoms with Crippen molar-refractivity contribution in [3.8, 4) is 0 Å². The van der Waals surface area contributed by atoms with Crippen LogP contribution in [0.25, 0.3) is 10.8 Å². The molecule has 0 bridgehead atoms. The molecule has 6 atom stereocenters. The van der Waals surface area contributed by atoms with E-state index in [4.69, 9.17) is 4.99 Å². The molecule has 4 aliphatic rings. The molecule has 1 N–H and O–H groups in total. The summed E-state index contributed by atoms with van der Waals surface area (Å²) in [6, 6.07) is 14.4. The zero-order chi connectivity index (χ0) is 22.8. The Bertz CT molecular complexity index is 1160. The summed E-state index contributed by atoms with van der Waals surface area (Å²) >= 11 is 0. The maximum absolute atomic E-state index is 13.6. The number of anilines is 1. The van der Waals surface area contributed by atoms with Crippen LogP contribution in [0.1, 0.15) is 58.8 Å². The van der Waals surface area contributed by atoms with Crippen molar-refractivity contribution in [2.75, 3.05) is 11.9 Å². The maximum Gasteiger partial charge on any atom is 0.228 e. The van der Waals surface area contributed by atoms with Gasteiger partial charge in [0.2, 0.25) is 5.91 Å². The summed E-state index contributed by atoms with van der Waals surface area (Å²) in [5.74, 6) is 2.28. The number of nitrogens with one attached hydrogen (secondary N) is 1. The molecule has 0 radical (unpaired) electrons. The van der Waals surface area contributed by atoms with Crippen molar-refractivity contribution in [3.63, 3.8) is 0 Å². The Balaban J connectivity index is 1.26. The highest BCUT2D eigenvalue weighted by Gasteiger charge is 2.60. The van der Waals surface area contributed by atoms with Gasteiger partial charge in [-0.2, -0.15) is 0 Å². The van der Waals surface area contributed by atoms with Crippen LogP contribution in [0, 0.1) is 34.5 Å². The third-order valence-corrected chi connectivity index (χ3v) is 10.1. The van der Waals surface area contributed by atoms with Crippen LogP contribution in [-0.4, -0.2) is 23.9 Å². The van der Waals surface area contributed by atoms with Crippen LogP contribution in [0.5, 0.6) is 0 Å². The summed E-state index contributed by atoms with van der Waals surface area (Å²) in [4.78, 5) is 30.7. The first-order chi connectivity index (χ1) is 15.9. The summed E-state index contributed by atoms with van der Waals surface area (Å²) in [6.07, 6.45) is 6.56. The lowest BCUT2D eigenvalue weighted by molar-refractivity contribution is -0.127. The number of ketones is 1. The van der Waals surface area contributed by atoms with E-state index in [-0.39, 0.29) is 22.7 Å². The van der Waals surface area contributed by atoms with Crippen LogP contribution in [0.15, 0.2) is 47.5 Å². The Morgan fingerprint density at radius 1 is 1.00 bits per heavy atom. The molecule has 1 unspecified atom stereocenters. The second-order valence-corrected chi connectivity index (χ2v) is 11.5. The minimum atomic E-state index is 0.0315. The number of benzene rings is 2. The molecule has 2 aromatic rings. The highest BCUT2D eigenvalue weighted by molar-refractivity contribution is 6.07. The average molecular weight is 443 g/mol. The molecule has 1 heterocycles. The van der Waals surface area contributed by atoms with Gasteiger partial charge in [0.05, 0.1) is 0 Å². The minimum Gasteiger partial charge on any atom is -0.325 e. The van der Waals surface area contributed by atoms with Crippen molar-refractivity contribution < 1.29 is 9.59 Å². The van der Waals surface area contributed by atoms with Crippen molar-refractivity contribution in [2.45, 2.75) is 58.8 Å². The first kappa shape index (κ1) is 21.1. The van der Waals surface area contributed by atoms with E-state index in [2.05, 4.69) is 37.4 Å². The lowest BCUT2D eigenvalue weighted by atomic mass is 9.49. The molecule has 0 aromatic heterocycles. The van der Waals surface area contributed by atoms with Crippen LogP contribution >= 0.6 is 0 Å². The second-order valence-electron chi connectivity index (χ2n) is 11.5. The number of aliphatic imine (C=N–C) groups is 1. The smallest absolute Gasteiger partial charge is 0.228 e. The van der Waals surface area contributed by atoms with Crippen molar-refractivity contribution in [2.24, 2.45) is 39.5 Å². The molecule has 172 valence electrons. The number of hydrogen-bond donors (Lipinski definition) is 1. The standard InChI is InChI=1S/C29H34N2O2/c1-28-15-13-23-21(17-30-26-16-19(32)12-14-29(23,26)2)22(28)10-11-24(28)27(33)31-25-9-5-7-18-6-3-4-8-20(18)25/h3-9,21-24H,10-17H2,1-2H3,(H,31,33)/t21-,22-,23+,24?,28-,29+/m0/s1. The Morgan fingerprint density at radius 2 is 1.82 bits per heavy atom. The number of fused-ring (bicyclic) bond motifs is 6. The monoisotopic (exact) mass is 442 g/mol. The van der Waals surface area contributed by atoms with E-state index in [1.807, 2.05) is 24.3 Å². The lowest BCUT2D eigenvalue weighted by Gasteiger charge is -2.56. The summed E-state index contributed by atoms with van der Waals surface area (Å²) in [5.41, 5.74) is 2.21. The van der Waals surface area contributed by atoms with E-state index >= 15 is 0 Å². The fourth-order valence-corrected chi connectivity index (χ4v) is 8.19. The number of Topliss-reactive ketones (excluding diaryl/α,β-unsaturated/α-hetero) is 1. The van der Waals surface area contributed by atoms with Crippen LogP contribution in [0.2, 0.25) is 0 Å². The van der Waals surface area contributed by atoms with Crippen molar-refractivity contribution >= 4 is 33.9 Å². The molecule has 4 nitrogen and oxygen atoms in total. The quantitative estimate of drug-likeness (QED) is 0.615. The zero-order valence-electron chi connectivity index (χ0n) is 19.8. The molecular formula is C29H34N2O2. The van der Waals surface area contributed by atoms with E-state index in [9.17, 15) is 9.59 Å². The molecule has 2 aromatic carbocycles. The average Bonchev–Trinajstić information content (AvgIpc) is 3.17. The number of nitrogens with zero attached hydrogens (tertiary/aromatic N) is 1. The third kappa shape index (κ3) is 3.13. The van der Waals surface area contributed by atoms with E-state index in [1.165, 1.54) is 5.71 Å². The number of rotatable bonds is 2. The topological polar surface area (TPSA) is 58.5 Å². The molecular weight excluding hydrogens is 408 g/mol. The fraction of sp³-hybridized carbons (Fsp3) is 0.552. The molecule has 1 aliphatic heterocycles. The lowest BCUT2D eigenvalue weighted by Crippen LogP contribution is -2.55. The molecule has 3 aliphatic carbocycles. The molecule has 0 saturated heterocycles. The van der Waals surface area contributed by atoms with Gasteiger partial charge in [-0.15, -0.1) is 0 Å². The van der Waals surface area contributed by atoms with Gasteiger partial charge in [-0.05, 0) is 66.7 Å². The first-order valence-electron chi connectivity index (χ1n) is 12.7. The Labute approximate surface area is 196 Å². The highest BCUT2D eigenvalue weighted by Crippen LogP contribution is 2.63. The van der Waals surface area contributed by atoms with Gasteiger partial charge in [0.25, 0.3) is 0 Å². The second kappa shape index (κ2) is 7.51. The molecule has 1 amide bonds. The minimum absolute atomic E-state index is 0.0315. The molecule has 4 heteroatoms. The Morgan fingerprint density at radius 3 is 2.70 bits per heavy atom. The Hall–Kier alpha value is -2.49. The Kier molecular flexibility index (Phi) is 4.80. The van der Waals surface area contributed by atoms with E-state index in [1.54, 1.807) is 0 Å². The van der Waals surface area contributed by atoms with E-state index < -0.39 is 0 Å². The zero-order valence-corrected chi connectivity index (χ0v) is 19.8. The maximum atomic E-state index is 13.6. The summed E-state index contributed by atoms with van der Waals surface area (Å²) in [6.45, 7) is 5.60. The summed E-state index contributed by atoms with van der Waals surface area (Å²) < 4.78 is 0. The number of carbonyl (C=O) groups is 2. The third-order valence-electron chi connectivity index (χ3n) is 10.1. The van der Waals surface area contributed by atoms with Gasteiger partial charge < -0.3 is 5.32 Å². The molecule has 3 saturated carbocycles. The normalized spacial score (nSPS) is 37.6. The molecule has 3 fully saturated rings. The SMILES string of the molecule is C[C@]12CCC(=O)CC1=NC[C@@H]1[C@H]2CC[C@]2(C)C(C(=O)Nc3cccc4ccccc34)CC[C@@H]12. The van der Waals surface area contributed by atoms with Gasteiger partial charge in [0.1, 0.15) is 5.78 Å². The number of hydrogen-bond acceptors (Lipinski definition) is 3. The van der Waals surface area contributed by atoms with Crippen LogP contribution in [0.3, 0.4) is 0 Å². The van der Waals surface area contributed by atoms with Crippen molar-refractivity contribution in [1.29, 1.82) is 0 Å². The largest absolute Gasteiger partial charge is 0.325 e. The van der Waals surface area contributed by atoms with Gasteiger partial charge in [-0.3, -0.25) is 14.6 Å². The van der Waals surface area contributed by atoms with Crippen LogP contribution in [0.4, 0.5) is 5.69 Å². The van der Waals surface area contributed by atoms with Gasteiger partial charge in [0.15, 0.2) is 0 Å². The van der Waals surface area contributed by atoms with Crippen LogP contribution in [-0.2, 0) is 9.59 Å². The molecule has 33 heavy (non-hydrogen) atoms. The number of carbonyl (C=O) groups excluding carboxylic acids is 2. The molecule has 6 rings (SSSR count). The van der Waals surface area contributed by atoms with E-state index in [0.29, 0.717) is 36.4 Å². The number of amides is 1. The summed E-state index contributed by atoms with van der Waals surface area (Å²) in [5, 5.41) is 5.57. The highest BCUT2D eigenvalue weighted by atomic mass is 16.2. The van der Waals surface area contributed by atoms with Crippen LogP contribution < -0.4 is 5.32 Å². The fourth-order valence-electron chi connectivity index (χ4n) is 8.19. The van der Waals surface area contributed by atoms with E-state index in [0.717, 1.165) is 55.1 Å².